The predicted molar refractivity (Wildman–Crippen MR) is 100 cm³/mol. The molecule has 1 unspecified atom stereocenters. The van der Waals surface area contributed by atoms with Gasteiger partial charge in [-0.05, 0) is 42.4 Å². The fourth-order valence-electron chi connectivity index (χ4n) is 4.01. The summed E-state index contributed by atoms with van der Waals surface area (Å²) in [5, 5.41) is 3.97. The Morgan fingerprint density at radius 1 is 1.30 bits per heavy atom. The van der Waals surface area contributed by atoms with Crippen LogP contribution in [-0.2, 0) is 17.6 Å². The van der Waals surface area contributed by atoms with Crippen LogP contribution in [0.3, 0.4) is 0 Å². The minimum atomic E-state index is 0.0527. The van der Waals surface area contributed by atoms with Gasteiger partial charge in [-0.2, -0.15) is 0 Å². The number of hydrogen-bond acceptors (Lipinski definition) is 5. The van der Waals surface area contributed by atoms with Gasteiger partial charge in [-0.25, -0.2) is 0 Å². The average molecular weight is 391 g/mol. The third-order valence-electron chi connectivity index (χ3n) is 5.32. The number of halogens is 1. The van der Waals surface area contributed by atoms with Crippen LogP contribution in [0.5, 0.6) is 11.5 Å². The third-order valence-corrected chi connectivity index (χ3v) is 5.50. The van der Waals surface area contributed by atoms with Crippen molar-refractivity contribution in [3.8, 4) is 11.5 Å². The molecule has 1 atom stereocenters. The van der Waals surface area contributed by atoms with Crippen LogP contribution in [-0.4, -0.2) is 35.8 Å². The summed E-state index contributed by atoms with van der Waals surface area (Å²) in [6, 6.07) is 7.78. The van der Waals surface area contributed by atoms with Gasteiger partial charge in [0.15, 0.2) is 16.7 Å². The molecule has 6 nitrogen and oxygen atoms in total. The summed E-state index contributed by atoms with van der Waals surface area (Å²) in [6.07, 6.45) is 3.95. The Labute approximate surface area is 163 Å². The standard InChI is InChI=1S/C20H23ClN2O4/c1-20(11-14-3-5-16-17(9-14)26-13-25-16)7-2-8-23(12-20)19(24)6-4-15-10-18(21)22-27-15/h3,5,9-10H,2,4,6-8,11-13H2,1H3. The second kappa shape index (κ2) is 7.43. The van der Waals surface area contributed by atoms with E-state index in [1.807, 2.05) is 11.0 Å². The fourth-order valence-corrected chi connectivity index (χ4v) is 4.17. The van der Waals surface area contributed by atoms with E-state index in [2.05, 4.69) is 24.2 Å². The van der Waals surface area contributed by atoms with Gasteiger partial charge in [0.2, 0.25) is 12.7 Å². The summed E-state index contributed by atoms with van der Waals surface area (Å²) >= 11 is 5.76. The third kappa shape index (κ3) is 4.21. The van der Waals surface area contributed by atoms with Crippen molar-refractivity contribution in [1.82, 2.24) is 10.1 Å². The van der Waals surface area contributed by atoms with Crippen molar-refractivity contribution in [1.29, 1.82) is 0 Å². The van der Waals surface area contributed by atoms with Crippen molar-refractivity contribution in [3.05, 3.63) is 40.7 Å². The summed E-state index contributed by atoms with van der Waals surface area (Å²) in [4.78, 5) is 14.6. The first kappa shape index (κ1) is 18.2. The molecule has 2 aromatic rings. The van der Waals surface area contributed by atoms with Gasteiger partial charge in [0.25, 0.3) is 0 Å². The summed E-state index contributed by atoms with van der Waals surface area (Å²) in [5.74, 6) is 2.41. The highest BCUT2D eigenvalue weighted by atomic mass is 35.5. The Bertz CT molecular complexity index is 837. The zero-order valence-electron chi connectivity index (χ0n) is 15.4. The summed E-state index contributed by atoms with van der Waals surface area (Å²) in [6.45, 7) is 4.12. The number of rotatable bonds is 5. The molecule has 1 aromatic carbocycles. The molecule has 27 heavy (non-hydrogen) atoms. The van der Waals surface area contributed by atoms with E-state index < -0.39 is 0 Å². The maximum atomic E-state index is 12.7. The van der Waals surface area contributed by atoms with Gasteiger partial charge in [0.05, 0.1) is 0 Å². The molecule has 144 valence electrons. The van der Waals surface area contributed by atoms with E-state index >= 15 is 0 Å². The molecule has 1 amide bonds. The van der Waals surface area contributed by atoms with Crippen molar-refractivity contribution >= 4 is 17.5 Å². The monoisotopic (exact) mass is 390 g/mol. The van der Waals surface area contributed by atoms with Gasteiger partial charge in [-0.1, -0.05) is 29.7 Å². The molecule has 7 heteroatoms. The highest BCUT2D eigenvalue weighted by Gasteiger charge is 2.33. The van der Waals surface area contributed by atoms with E-state index in [1.165, 1.54) is 5.56 Å². The maximum absolute atomic E-state index is 12.7. The van der Waals surface area contributed by atoms with E-state index in [0.717, 1.165) is 43.9 Å². The molecule has 0 spiro atoms. The van der Waals surface area contributed by atoms with Gasteiger partial charge in [0.1, 0.15) is 5.76 Å². The van der Waals surface area contributed by atoms with Gasteiger partial charge in [-0.3, -0.25) is 4.79 Å². The smallest absolute Gasteiger partial charge is 0.231 e. The van der Waals surface area contributed by atoms with Crippen LogP contribution < -0.4 is 9.47 Å². The number of aromatic nitrogens is 1. The fraction of sp³-hybridized carbons (Fsp3) is 0.500. The van der Waals surface area contributed by atoms with Gasteiger partial charge in [-0.15, -0.1) is 0 Å². The number of ether oxygens (including phenoxy) is 2. The van der Waals surface area contributed by atoms with Crippen molar-refractivity contribution in [3.63, 3.8) is 0 Å². The molecule has 3 heterocycles. The number of carbonyl (C=O) groups excluding carboxylic acids is 1. The maximum Gasteiger partial charge on any atom is 0.231 e. The number of amides is 1. The second-order valence-corrected chi connectivity index (χ2v) is 8.10. The van der Waals surface area contributed by atoms with Crippen LogP contribution >= 0.6 is 11.6 Å². The summed E-state index contributed by atoms with van der Waals surface area (Å²) in [7, 11) is 0. The molecule has 0 radical (unpaired) electrons. The number of fused-ring (bicyclic) bond motifs is 1. The van der Waals surface area contributed by atoms with Crippen molar-refractivity contribution in [2.24, 2.45) is 5.41 Å². The Balaban J connectivity index is 1.36. The molecule has 1 saturated heterocycles. The summed E-state index contributed by atoms with van der Waals surface area (Å²) in [5.41, 5.74) is 1.27. The lowest BCUT2D eigenvalue weighted by molar-refractivity contribution is -0.134. The second-order valence-electron chi connectivity index (χ2n) is 7.71. The zero-order chi connectivity index (χ0) is 18.9. The van der Waals surface area contributed by atoms with E-state index in [9.17, 15) is 4.79 Å². The van der Waals surface area contributed by atoms with Crippen molar-refractivity contribution in [2.45, 2.75) is 39.0 Å². The quantitative estimate of drug-likeness (QED) is 0.775. The number of aryl methyl sites for hydroxylation is 1. The topological polar surface area (TPSA) is 64.8 Å². The van der Waals surface area contributed by atoms with E-state index in [4.69, 9.17) is 25.6 Å². The zero-order valence-corrected chi connectivity index (χ0v) is 16.1. The Hall–Kier alpha value is -2.21. The van der Waals surface area contributed by atoms with E-state index in [0.29, 0.717) is 23.8 Å². The molecule has 1 fully saturated rings. The first-order chi connectivity index (χ1) is 13.0. The first-order valence-corrected chi connectivity index (χ1v) is 9.66. The molecule has 0 bridgehead atoms. The Kier molecular flexibility index (Phi) is 5.00. The van der Waals surface area contributed by atoms with E-state index in [-0.39, 0.29) is 18.1 Å². The van der Waals surface area contributed by atoms with E-state index in [1.54, 1.807) is 6.07 Å². The van der Waals surface area contributed by atoms with Crippen LogP contribution in [0, 0.1) is 5.41 Å². The minimum absolute atomic E-state index is 0.0527. The summed E-state index contributed by atoms with van der Waals surface area (Å²) < 4.78 is 16.0. The first-order valence-electron chi connectivity index (χ1n) is 9.28. The minimum Gasteiger partial charge on any atom is -0.454 e. The number of piperidine rings is 1. The number of benzene rings is 1. The van der Waals surface area contributed by atoms with Crippen LogP contribution in [0.25, 0.3) is 0 Å². The molecule has 1 aromatic heterocycles. The molecular formula is C20H23ClN2O4. The van der Waals surface area contributed by atoms with Crippen LogP contribution in [0.1, 0.15) is 37.5 Å². The average Bonchev–Trinajstić information content (AvgIpc) is 3.27. The van der Waals surface area contributed by atoms with Gasteiger partial charge < -0.3 is 18.9 Å². The van der Waals surface area contributed by atoms with Gasteiger partial charge >= 0.3 is 0 Å². The van der Waals surface area contributed by atoms with Crippen molar-refractivity contribution in [2.75, 3.05) is 19.9 Å². The highest BCUT2D eigenvalue weighted by molar-refractivity contribution is 6.29. The molecule has 2 aliphatic heterocycles. The molecule has 0 N–H and O–H groups in total. The number of hydrogen-bond donors (Lipinski definition) is 0. The number of carbonyl (C=O) groups is 1. The number of likely N-dealkylation sites (tertiary alicyclic amines) is 1. The van der Waals surface area contributed by atoms with Crippen LogP contribution in [0.4, 0.5) is 0 Å². The molecule has 4 rings (SSSR count). The lowest BCUT2D eigenvalue weighted by atomic mass is 9.77. The lowest BCUT2D eigenvalue weighted by Gasteiger charge is -2.41. The normalized spacial score (nSPS) is 21.5. The molecular weight excluding hydrogens is 368 g/mol. The molecule has 0 aliphatic carbocycles. The molecule has 2 aliphatic rings. The number of nitrogens with zero attached hydrogens (tertiary/aromatic N) is 2. The largest absolute Gasteiger partial charge is 0.454 e. The van der Waals surface area contributed by atoms with Crippen LogP contribution in [0.2, 0.25) is 5.15 Å². The van der Waals surface area contributed by atoms with Crippen LogP contribution in [0.15, 0.2) is 28.8 Å². The Morgan fingerprint density at radius 2 is 2.15 bits per heavy atom. The van der Waals surface area contributed by atoms with Crippen molar-refractivity contribution < 1.29 is 18.8 Å². The SMILES string of the molecule is CC1(Cc2ccc3c(c2)OCO3)CCCN(C(=O)CCc2cc(Cl)no2)C1. The molecule has 0 saturated carbocycles. The predicted octanol–water partition coefficient (Wildman–Crippen LogP) is 3.86. The lowest BCUT2D eigenvalue weighted by Crippen LogP contribution is -2.45. The Morgan fingerprint density at radius 3 is 2.96 bits per heavy atom. The highest BCUT2D eigenvalue weighted by Crippen LogP contribution is 2.37. The van der Waals surface area contributed by atoms with Gasteiger partial charge in [0, 0.05) is 32.0 Å².